The lowest BCUT2D eigenvalue weighted by Crippen LogP contribution is -2.37. The Labute approximate surface area is 106 Å². The van der Waals surface area contributed by atoms with Crippen LogP contribution in [0, 0.1) is 5.82 Å². The van der Waals surface area contributed by atoms with Gasteiger partial charge in [-0.2, -0.15) is 0 Å². The number of carbonyl (C=O) groups is 1. The molecule has 1 heterocycles. The van der Waals surface area contributed by atoms with Crippen molar-refractivity contribution in [1.82, 2.24) is 0 Å². The molecule has 4 nitrogen and oxygen atoms in total. The molecule has 2 N–H and O–H groups in total. The van der Waals surface area contributed by atoms with Crippen molar-refractivity contribution < 1.29 is 13.9 Å². The number of nitrogens with zero attached hydrogens (tertiary/aromatic N) is 1. The maximum absolute atomic E-state index is 12.8. The number of ether oxygens (including phenoxy) is 1. The molecule has 0 radical (unpaired) electrons. The molecule has 1 aliphatic heterocycles. The number of likely N-dealkylation sites (N-methyl/N-ethyl adjacent to an activating group) is 1. The largest absolute Gasteiger partial charge is 0.364 e. The summed E-state index contributed by atoms with van der Waals surface area (Å²) in [4.78, 5) is 13.6. The van der Waals surface area contributed by atoms with E-state index in [1.165, 1.54) is 17.0 Å². The highest BCUT2D eigenvalue weighted by molar-refractivity contribution is 5.96. The molecule has 2 rings (SSSR count). The van der Waals surface area contributed by atoms with Crippen LogP contribution in [0.4, 0.5) is 10.1 Å². The van der Waals surface area contributed by atoms with Crippen LogP contribution >= 0.6 is 0 Å². The fourth-order valence-electron chi connectivity index (χ4n) is 2.07. The first-order chi connectivity index (χ1) is 8.61. The molecular weight excluding hydrogens is 235 g/mol. The Kier molecular flexibility index (Phi) is 3.93. The summed E-state index contributed by atoms with van der Waals surface area (Å²) in [5.74, 6) is -0.433. The molecular formula is C13H17FN2O2. The van der Waals surface area contributed by atoms with Crippen LogP contribution in [0.1, 0.15) is 12.8 Å². The van der Waals surface area contributed by atoms with E-state index in [2.05, 4.69) is 0 Å². The van der Waals surface area contributed by atoms with Gasteiger partial charge < -0.3 is 15.4 Å². The Morgan fingerprint density at radius 3 is 2.67 bits per heavy atom. The Bertz CT molecular complexity index is 422. The van der Waals surface area contributed by atoms with Crippen molar-refractivity contribution in [3.8, 4) is 0 Å². The van der Waals surface area contributed by atoms with Crippen molar-refractivity contribution in [1.29, 1.82) is 0 Å². The standard InChI is InChI=1S/C13H17FN2O2/c1-16(10-4-2-9(14)3-5-10)13(17)12-7-6-11(8-15)18-12/h2-5,11-12H,6-8,15H2,1H3. The van der Waals surface area contributed by atoms with Crippen molar-refractivity contribution >= 4 is 11.6 Å². The van der Waals surface area contributed by atoms with Gasteiger partial charge in [-0.25, -0.2) is 4.39 Å². The second-order valence-electron chi connectivity index (χ2n) is 4.43. The quantitative estimate of drug-likeness (QED) is 0.882. The van der Waals surface area contributed by atoms with Gasteiger partial charge in [0.25, 0.3) is 5.91 Å². The molecule has 5 heteroatoms. The number of hydrogen-bond acceptors (Lipinski definition) is 3. The van der Waals surface area contributed by atoms with Crippen molar-refractivity contribution in [3.63, 3.8) is 0 Å². The highest BCUT2D eigenvalue weighted by atomic mass is 19.1. The average Bonchev–Trinajstić information content (AvgIpc) is 2.86. The number of amides is 1. The normalized spacial score (nSPS) is 23.1. The molecule has 0 spiro atoms. The van der Waals surface area contributed by atoms with E-state index in [4.69, 9.17) is 10.5 Å². The van der Waals surface area contributed by atoms with Crippen LogP contribution in [-0.4, -0.2) is 31.7 Å². The average molecular weight is 252 g/mol. The molecule has 2 unspecified atom stereocenters. The van der Waals surface area contributed by atoms with Crippen LogP contribution in [0.25, 0.3) is 0 Å². The zero-order valence-corrected chi connectivity index (χ0v) is 10.3. The Hall–Kier alpha value is -1.46. The lowest BCUT2D eigenvalue weighted by Gasteiger charge is -2.21. The zero-order chi connectivity index (χ0) is 13.1. The van der Waals surface area contributed by atoms with Gasteiger partial charge in [-0.1, -0.05) is 0 Å². The van der Waals surface area contributed by atoms with Gasteiger partial charge in [-0.3, -0.25) is 4.79 Å². The summed E-state index contributed by atoms with van der Waals surface area (Å²) < 4.78 is 18.4. The predicted molar refractivity (Wildman–Crippen MR) is 66.8 cm³/mol. The van der Waals surface area contributed by atoms with E-state index in [0.29, 0.717) is 18.7 Å². The summed E-state index contributed by atoms with van der Waals surface area (Å²) in [6.45, 7) is 0.435. The highest BCUT2D eigenvalue weighted by Crippen LogP contribution is 2.23. The summed E-state index contributed by atoms with van der Waals surface area (Å²) in [5, 5.41) is 0. The van der Waals surface area contributed by atoms with E-state index >= 15 is 0 Å². The number of anilines is 1. The van der Waals surface area contributed by atoms with Gasteiger partial charge in [0.05, 0.1) is 6.10 Å². The number of hydrogen-bond donors (Lipinski definition) is 1. The molecule has 0 aliphatic carbocycles. The molecule has 18 heavy (non-hydrogen) atoms. The fraction of sp³-hybridized carbons (Fsp3) is 0.462. The molecule has 1 fully saturated rings. The molecule has 0 saturated carbocycles. The van der Waals surface area contributed by atoms with Crippen LogP contribution in [0.2, 0.25) is 0 Å². The Balaban J connectivity index is 2.03. The van der Waals surface area contributed by atoms with E-state index in [-0.39, 0.29) is 17.8 Å². The van der Waals surface area contributed by atoms with Gasteiger partial charge in [0.1, 0.15) is 11.9 Å². The number of carbonyl (C=O) groups excluding carboxylic acids is 1. The first kappa shape index (κ1) is 13.0. The third-order valence-electron chi connectivity index (χ3n) is 3.19. The third kappa shape index (κ3) is 2.68. The summed E-state index contributed by atoms with van der Waals surface area (Å²) in [5.41, 5.74) is 6.16. The maximum atomic E-state index is 12.8. The highest BCUT2D eigenvalue weighted by Gasteiger charge is 2.32. The number of benzene rings is 1. The van der Waals surface area contributed by atoms with Gasteiger partial charge in [0.15, 0.2) is 0 Å². The lowest BCUT2D eigenvalue weighted by atomic mass is 10.1. The van der Waals surface area contributed by atoms with E-state index in [0.717, 1.165) is 6.42 Å². The van der Waals surface area contributed by atoms with Crippen LogP contribution in [0.5, 0.6) is 0 Å². The molecule has 0 aromatic heterocycles. The Morgan fingerprint density at radius 1 is 1.44 bits per heavy atom. The van der Waals surface area contributed by atoms with Crippen molar-refractivity contribution in [3.05, 3.63) is 30.1 Å². The van der Waals surface area contributed by atoms with Crippen LogP contribution in [0.3, 0.4) is 0 Å². The van der Waals surface area contributed by atoms with Crippen LogP contribution < -0.4 is 10.6 Å². The van der Waals surface area contributed by atoms with Crippen molar-refractivity contribution in [2.24, 2.45) is 5.73 Å². The summed E-state index contributed by atoms with van der Waals surface area (Å²) in [6, 6.07) is 5.81. The minimum Gasteiger partial charge on any atom is -0.364 e. The summed E-state index contributed by atoms with van der Waals surface area (Å²) >= 11 is 0. The van der Waals surface area contributed by atoms with E-state index < -0.39 is 6.10 Å². The minimum absolute atomic E-state index is 0.0273. The van der Waals surface area contributed by atoms with E-state index in [1.807, 2.05) is 0 Å². The van der Waals surface area contributed by atoms with Gasteiger partial charge in [0, 0.05) is 19.3 Å². The van der Waals surface area contributed by atoms with Crippen LogP contribution in [-0.2, 0) is 9.53 Å². The van der Waals surface area contributed by atoms with Gasteiger partial charge in [-0.15, -0.1) is 0 Å². The monoisotopic (exact) mass is 252 g/mol. The molecule has 98 valence electrons. The summed E-state index contributed by atoms with van der Waals surface area (Å²) in [6.07, 6.45) is 1.03. The SMILES string of the molecule is CN(C(=O)C1CCC(CN)O1)c1ccc(F)cc1. The molecule has 1 aliphatic rings. The predicted octanol–water partition coefficient (Wildman–Crippen LogP) is 1.29. The van der Waals surface area contributed by atoms with Gasteiger partial charge in [-0.05, 0) is 37.1 Å². The molecule has 1 amide bonds. The Morgan fingerprint density at radius 2 is 2.11 bits per heavy atom. The fourth-order valence-corrected chi connectivity index (χ4v) is 2.07. The molecule has 1 saturated heterocycles. The molecule has 1 aromatic carbocycles. The molecule has 1 aromatic rings. The van der Waals surface area contributed by atoms with Gasteiger partial charge in [0.2, 0.25) is 0 Å². The smallest absolute Gasteiger partial charge is 0.255 e. The zero-order valence-electron chi connectivity index (χ0n) is 10.3. The van der Waals surface area contributed by atoms with Crippen LogP contribution in [0.15, 0.2) is 24.3 Å². The van der Waals surface area contributed by atoms with E-state index in [9.17, 15) is 9.18 Å². The second kappa shape index (κ2) is 5.46. The number of rotatable bonds is 3. The second-order valence-corrected chi connectivity index (χ2v) is 4.43. The minimum atomic E-state index is -0.436. The number of halogens is 1. The van der Waals surface area contributed by atoms with Crippen molar-refractivity contribution in [2.45, 2.75) is 25.0 Å². The first-order valence-corrected chi connectivity index (χ1v) is 6.00. The number of nitrogens with two attached hydrogens (primary N) is 1. The lowest BCUT2D eigenvalue weighted by molar-refractivity contribution is -0.128. The summed E-state index contributed by atoms with van der Waals surface area (Å²) in [7, 11) is 1.66. The molecule has 0 bridgehead atoms. The van der Waals surface area contributed by atoms with Gasteiger partial charge >= 0.3 is 0 Å². The topological polar surface area (TPSA) is 55.6 Å². The third-order valence-corrected chi connectivity index (χ3v) is 3.19. The van der Waals surface area contributed by atoms with E-state index in [1.54, 1.807) is 19.2 Å². The maximum Gasteiger partial charge on any atom is 0.255 e. The first-order valence-electron chi connectivity index (χ1n) is 6.00. The van der Waals surface area contributed by atoms with Crippen molar-refractivity contribution in [2.75, 3.05) is 18.5 Å². The molecule has 2 atom stereocenters.